The Bertz CT molecular complexity index is 973. The molecule has 0 fully saturated rings. The molecule has 0 bridgehead atoms. The van der Waals surface area contributed by atoms with E-state index in [-0.39, 0.29) is 6.10 Å². The van der Waals surface area contributed by atoms with Gasteiger partial charge in [0.05, 0.1) is 17.8 Å². The van der Waals surface area contributed by atoms with Gasteiger partial charge in [-0.3, -0.25) is 15.4 Å². The first-order valence-electron chi connectivity index (χ1n) is 9.23. The first-order valence-corrected chi connectivity index (χ1v) is 9.23. The fourth-order valence-electron chi connectivity index (χ4n) is 3.43. The number of aromatic amines is 1. The standard InChI is InChI=1S/C20H23N5O3/c1-25(9-10-27-2)8-5-18-14-11-15-17(12-16(14)22-20(26)28-18)23-24-19(15)13-3-6-21-7-4-13/h3-4,6-7,11-12,18H,5,8-10H2,1-2H3,(H,22,26)(H,23,24). The molecule has 1 aliphatic heterocycles. The molecule has 0 spiro atoms. The normalized spacial score (nSPS) is 16.1. The van der Waals surface area contributed by atoms with E-state index in [1.165, 1.54) is 0 Å². The average Bonchev–Trinajstić information content (AvgIpc) is 3.12. The van der Waals surface area contributed by atoms with Crippen molar-refractivity contribution in [3.8, 4) is 11.3 Å². The van der Waals surface area contributed by atoms with Crippen LogP contribution >= 0.6 is 0 Å². The van der Waals surface area contributed by atoms with E-state index in [4.69, 9.17) is 9.47 Å². The lowest BCUT2D eigenvalue weighted by Crippen LogP contribution is -2.29. The van der Waals surface area contributed by atoms with Crippen LogP contribution < -0.4 is 5.32 Å². The minimum atomic E-state index is -0.426. The summed E-state index contributed by atoms with van der Waals surface area (Å²) in [5, 5.41) is 11.3. The zero-order valence-electron chi connectivity index (χ0n) is 15.9. The van der Waals surface area contributed by atoms with Crippen molar-refractivity contribution in [3.63, 3.8) is 0 Å². The lowest BCUT2D eigenvalue weighted by Gasteiger charge is -2.28. The number of carbonyl (C=O) groups is 1. The minimum absolute atomic E-state index is 0.307. The molecule has 1 amide bonds. The summed E-state index contributed by atoms with van der Waals surface area (Å²) in [6.07, 6.45) is 3.46. The van der Waals surface area contributed by atoms with E-state index in [0.29, 0.717) is 13.0 Å². The second-order valence-electron chi connectivity index (χ2n) is 6.90. The molecular formula is C20H23N5O3. The molecule has 3 aromatic rings. The number of nitrogens with zero attached hydrogens (tertiary/aromatic N) is 3. The number of hydrogen-bond acceptors (Lipinski definition) is 6. The highest BCUT2D eigenvalue weighted by molar-refractivity contribution is 5.98. The number of likely N-dealkylation sites (N-methyl/N-ethyl adjacent to an activating group) is 1. The quantitative estimate of drug-likeness (QED) is 0.653. The van der Waals surface area contributed by atoms with Crippen molar-refractivity contribution in [1.29, 1.82) is 0 Å². The van der Waals surface area contributed by atoms with Gasteiger partial charge in [0.25, 0.3) is 0 Å². The number of methoxy groups -OCH3 is 1. The number of anilines is 1. The van der Waals surface area contributed by atoms with Crippen molar-refractivity contribution >= 4 is 22.7 Å². The first-order chi connectivity index (χ1) is 13.7. The summed E-state index contributed by atoms with van der Waals surface area (Å²) in [7, 11) is 3.72. The number of aromatic nitrogens is 3. The number of amides is 1. The molecule has 8 heteroatoms. The van der Waals surface area contributed by atoms with Crippen molar-refractivity contribution in [1.82, 2.24) is 20.1 Å². The van der Waals surface area contributed by atoms with E-state index in [1.807, 2.05) is 25.2 Å². The highest BCUT2D eigenvalue weighted by Gasteiger charge is 2.28. The Morgan fingerprint density at radius 2 is 2.07 bits per heavy atom. The molecule has 28 heavy (non-hydrogen) atoms. The third-order valence-corrected chi connectivity index (χ3v) is 4.97. The molecule has 1 aliphatic rings. The first kappa shape index (κ1) is 18.4. The van der Waals surface area contributed by atoms with Gasteiger partial charge in [-0.25, -0.2) is 4.79 Å². The van der Waals surface area contributed by atoms with E-state index >= 15 is 0 Å². The Labute approximate surface area is 162 Å². The summed E-state index contributed by atoms with van der Waals surface area (Å²) in [4.78, 5) is 18.2. The predicted molar refractivity (Wildman–Crippen MR) is 106 cm³/mol. The van der Waals surface area contributed by atoms with Gasteiger partial charge in [0.1, 0.15) is 11.8 Å². The van der Waals surface area contributed by atoms with E-state index in [1.54, 1.807) is 19.5 Å². The molecule has 2 aromatic heterocycles. The Morgan fingerprint density at radius 1 is 1.25 bits per heavy atom. The van der Waals surface area contributed by atoms with Crippen LogP contribution in [0.2, 0.25) is 0 Å². The second kappa shape index (κ2) is 7.95. The number of hydrogen-bond donors (Lipinski definition) is 2. The highest BCUT2D eigenvalue weighted by atomic mass is 16.6. The molecule has 0 saturated heterocycles. The molecule has 2 N–H and O–H groups in total. The maximum absolute atomic E-state index is 12.0. The molecule has 1 aromatic carbocycles. The Balaban J connectivity index is 1.65. The molecule has 0 radical (unpaired) electrons. The number of benzene rings is 1. The number of fused-ring (bicyclic) bond motifs is 2. The summed E-state index contributed by atoms with van der Waals surface area (Å²) >= 11 is 0. The monoisotopic (exact) mass is 381 g/mol. The van der Waals surface area contributed by atoms with Gasteiger partial charge in [-0.05, 0) is 31.3 Å². The SMILES string of the molecule is COCCN(C)CCC1OC(=O)Nc2cc3[nH]nc(-c4ccncc4)c3cc21. The number of carbonyl (C=O) groups excluding carboxylic acids is 1. The van der Waals surface area contributed by atoms with Crippen LogP contribution in [0.3, 0.4) is 0 Å². The molecule has 0 aliphatic carbocycles. The number of rotatable bonds is 7. The number of nitrogens with one attached hydrogen (secondary N) is 2. The molecule has 1 atom stereocenters. The van der Waals surface area contributed by atoms with Gasteiger partial charge in [-0.1, -0.05) is 0 Å². The smallest absolute Gasteiger partial charge is 0.412 e. The van der Waals surface area contributed by atoms with Crippen LogP contribution in [0.4, 0.5) is 10.5 Å². The van der Waals surface area contributed by atoms with E-state index in [2.05, 4.69) is 31.5 Å². The van der Waals surface area contributed by atoms with E-state index in [0.717, 1.165) is 46.5 Å². The van der Waals surface area contributed by atoms with Crippen molar-refractivity contribution < 1.29 is 14.3 Å². The predicted octanol–water partition coefficient (Wildman–Crippen LogP) is 3.20. The Morgan fingerprint density at radius 3 is 2.86 bits per heavy atom. The van der Waals surface area contributed by atoms with Gasteiger partial charge in [-0.2, -0.15) is 5.10 Å². The zero-order chi connectivity index (χ0) is 19.5. The fraction of sp³-hybridized carbons (Fsp3) is 0.350. The van der Waals surface area contributed by atoms with Gasteiger partial charge in [0.2, 0.25) is 0 Å². The summed E-state index contributed by atoms with van der Waals surface area (Å²) in [6.45, 7) is 2.29. The Hall–Kier alpha value is -2.97. The van der Waals surface area contributed by atoms with Crippen LogP contribution in [0.25, 0.3) is 22.2 Å². The third-order valence-electron chi connectivity index (χ3n) is 4.97. The van der Waals surface area contributed by atoms with Gasteiger partial charge in [0.15, 0.2) is 0 Å². The largest absolute Gasteiger partial charge is 0.441 e. The van der Waals surface area contributed by atoms with Crippen LogP contribution in [0, 0.1) is 0 Å². The van der Waals surface area contributed by atoms with Crippen LogP contribution in [0.15, 0.2) is 36.7 Å². The molecule has 1 unspecified atom stereocenters. The molecular weight excluding hydrogens is 358 g/mol. The van der Waals surface area contributed by atoms with Gasteiger partial charge < -0.3 is 14.4 Å². The summed E-state index contributed by atoms with van der Waals surface area (Å²) in [5.41, 5.74) is 4.43. The molecule has 4 rings (SSSR count). The lowest BCUT2D eigenvalue weighted by atomic mass is 9.98. The van der Waals surface area contributed by atoms with E-state index in [9.17, 15) is 4.79 Å². The average molecular weight is 381 g/mol. The summed E-state index contributed by atoms with van der Waals surface area (Å²) in [6, 6.07) is 7.83. The van der Waals surface area contributed by atoms with E-state index < -0.39 is 6.09 Å². The van der Waals surface area contributed by atoms with Crippen LogP contribution in [-0.4, -0.2) is 60.0 Å². The molecule has 0 saturated carbocycles. The summed E-state index contributed by atoms with van der Waals surface area (Å²) < 4.78 is 10.7. The van der Waals surface area contributed by atoms with Crippen LogP contribution in [0.5, 0.6) is 0 Å². The lowest BCUT2D eigenvalue weighted by molar-refractivity contribution is 0.0899. The summed E-state index contributed by atoms with van der Waals surface area (Å²) in [5.74, 6) is 0. The Kier molecular flexibility index (Phi) is 5.23. The van der Waals surface area contributed by atoms with Gasteiger partial charge in [-0.15, -0.1) is 0 Å². The molecule has 8 nitrogen and oxygen atoms in total. The zero-order valence-corrected chi connectivity index (χ0v) is 15.9. The number of H-pyrrole nitrogens is 1. The van der Waals surface area contributed by atoms with Crippen LogP contribution in [-0.2, 0) is 9.47 Å². The molecule has 3 heterocycles. The number of pyridine rings is 1. The maximum Gasteiger partial charge on any atom is 0.412 e. The fourth-order valence-corrected chi connectivity index (χ4v) is 3.43. The maximum atomic E-state index is 12.0. The van der Waals surface area contributed by atoms with Crippen molar-refractivity contribution in [2.45, 2.75) is 12.5 Å². The third kappa shape index (κ3) is 3.69. The van der Waals surface area contributed by atoms with Crippen molar-refractivity contribution in [2.24, 2.45) is 0 Å². The molecule has 146 valence electrons. The number of ether oxygens (including phenoxy) is 2. The minimum Gasteiger partial charge on any atom is -0.441 e. The van der Waals surface area contributed by atoms with Gasteiger partial charge >= 0.3 is 6.09 Å². The van der Waals surface area contributed by atoms with Crippen molar-refractivity contribution in [3.05, 3.63) is 42.2 Å². The topological polar surface area (TPSA) is 92.4 Å². The van der Waals surface area contributed by atoms with Crippen molar-refractivity contribution in [2.75, 3.05) is 39.2 Å². The van der Waals surface area contributed by atoms with Gasteiger partial charge in [0, 0.05) is 55.5 Å². The second-order valence-corrected chi connectivity index (χ2v) is 6.90. The number of cyclic esters (lactones) is 1. The highest BCUT2D eigenvalue weighted by Crippen LogP contribution is 2.38. The van der Waals surface area contributed by atoms with Crippen LogP contribution in [0.1, 0.15) is 18.1 Å².